The van der Waals surface area contributed by atoms with E-state index >= 15 is 0 Å². The van der Waals surface area contributed by atoms with Gasteiger partial charge in [0, 0.05) is 26.2 Å². The lowest BCUT2D eigenvalue weighted by Gasteiger charge is -2.26. The van der Waals surface area contributed by atoms with E-state index in [0.29, 0.717) is 19.6 Å². The number of nitriles is 1. The van der Waals surface area contributed by atoms with Gasteiger partial charge in [-0.2, -0.15) is 5.26 Å². The highest BCUT2D eigenvalue weighted by molar-refractivity contribution is 5.68. The standard InChI is InChI=1S/C11H19N3O2/c1-11(2,3)16-10(15)14-6-4-5-13(9-12)7-8-14/h4-8H2,1-3H3. The van der Waals surface area contributed by atoms with Crippen molar-refractivity contribution in [3.05, 3.63) is 0 Å². The molecule has 5 nitrogen and oxygen atoms in total. The van der Waals surface area contributed by atoms with Crippen molar-refractivity contribution in [2.24, 2.45) is 0 Å². The van der Waals surface area contributed by atoms with Crippen LogP contribution >= 0.6 is 0 Å². The predicted octanol–water partition coefficient (Wildman–Crippen LogP) is 1.41. The number of nitrogens with zero attached hydrogens (tertiary/aromatic N) is 3. The molecule has 1 rings (SSSR count). The molecule has 16 heavy (non-hydrogen) atoms. The first-order chi connectivity index (χ1) is 7.42. The summed E-state index contributed by atoms with van der Waals surface area (Å²) in [5.74, 6) is 0. The largest absolute Gasteiger partial charge is 0.444 e. The highest BCUT2D eigenvalue weighted by atomic mass is 16.6. The Morgan fingerprint density at radius 3 is 2.50 bits per heavy atom. The van der Waals surface area contributed by atoms with E-state index in [1.807, 2.05) is 20.8 Å². The van der Waals surface area contributed by atoms with Gasteiger partial charge >= 0.3 is 6.09 Å². The highest BCUT2D eigenvalue weighted by Crippen LogP contribution is 2.11. The summed E-state index contributed by atoms with van der Waals surface area (Å²) in [5, 5.41) is 8.77. The number of amides is 1. The van der Waals surface area contributed by atoms with E-state index in [1.54, 1.807) is 9.80 Å². The zero-order chi connectivity index (χ0) is 12.2. The van der Waals surface area contributed by atoms with Gasteiger partial charge in [-0.3, -0.25) is 0 Å². The van der Waals surface area contributed by atoms with Crippen LogP contribution in [-0.2, 0) is 4.74 Å². The van der Waals surface area contributed by atoms with Gasteiger partial charge in [-0.25, -0.2) is 4.79 Å². The molecular weight excluding hydrogens is 206 g/mol. The SMILES string of the molecule is CC(C)(C)OC(=O)N1CCCN(C#N)CC1. The van der Waals surface area contributed by atoms with Gasteiger partial charge in [-0.05, 0) is 27.2 Å². The van der Waals surface area contributed by atoms with Crippen LogP contribution in [0.4, 0.5) is 4.79 Å². The molecule has 0 N–H and O–H groups in total. The average molecular weight is 225 g/mol. The Hall–Kier alpha value is -1.44. The lowest BCUT2D eigenvalue weighted by Crippen LogP contribution is -2.38. The highest BCUT2D eigenvalue weighted by Gasteiger charge is 2.23. The second kappa shape index (κ2) is 5.06. The summed E-state index contributed by atoms with van der Waals surface area (Å²) in [6, 6.07) is 0. The molecule has 1 aliphatic heterocycles. The van der Waals surface area contributed by atoms with Gasteiger partial charge in [-0.1, -0.05) is 0 Å². The van der Waals surface area contributed by atoms with Crippen LogP contribution < -0.4 is 0 Å². The molecule has 1 fully saturated rings. The predicted molar refractivity (Wildman–Crippen MR) is 59.6 cm³/mol. The van der Waals surface area contributed by atoms with Crippen molar-refractivity contribution in [2.45, 2.75) is 32.8 Å². The fourth-order valence-corrected chi connectivity index (χ4v) is 1.53. The van der Waals surface area contributed by atoms with Gasteiger partial charge in [0.2, 0.25) is 0 Å². The summed E-state index contributed by atoms with van der Waals surface area (Å²) in [6.07, 6.45) is 2.63. The Bertz CT molecular complexity index is 291. The first kappa shape index (κ1) is 12.6. The van der Waals surface area contributed by atoms with Crippen molar-refractivity contribution in [3.63, 3.8) is 0 Å². The van der Waals surface area contributed by atoms with Crippen LogP contribution in [0.25, 0.3) is 0 Å². The van der Waals surface area contributed by atoms with Crippen LogP contribution in [0, 0.1) is 11.5 Å². The molecule has 1 saturated heterocycles. The summed E-state index contributed by atoms with van der Waals surface area (Å²) in [5.41, 5.74) is -0.460. The van der Waals surface area contributed by atoms with Gasteiger partial charge in [0.25, 0.3) is 0 Å². The third-order valence-electron chi connectivity index (χ3n) is 2.29. The van der Waals surface area contributed by atoms with E-state index in [4.69, 9.17) is 10.00 Å². The van der Waals surface area contributed by atoms with Crippen molar-refractivity contribution in [1.82, 2.24) is 9.80 Å². The monoisotopic (exact) mass is 225 g/mol. The maximum atomic E-state index is 11.8. The molecular formula is C11H19N3O2. The molecule has 1 amide bonds. The van der Waals surface area contributed by atoms with Crippen molar-refractivity contribution < 1.29 is 9.53 Å². The molecule has 0 aromatic heterocycles. The van der Waals surface area contributed by atoms with E-state index in [1.165, 1.54) is 0 Å². The van der Waals surface area contributed by atoms with Crippen molar-refractivity contribution in [1.29, 1.82) is 5.26 Å². The molecule has 0 aliphatic carbocycles. The second-order valence-electron chi connectivity index (χ2n) is 4.91. The van der Waals surface area contributed by atoms with Gasteiger partial charge in [0.1, 0.15) is 5.60 Å². The summed E-state index contributed by atoms with van der Waals surface area (Å²) >= 11 is 0. The molecule has 5 heteroatoms. The topological polar surface area (TPSA) is 56.6 Å². The Balaban J connectivity index is 2.49. The maximum absolute atomic E-state index is 11.8. The lowest BCUT2D eigenvalue weighted by atomic mass is 10.2. The Morgan fingerprint density at radius 1 is 1.25 bits per heavy atom. The van der Waals surface area contributed by atoms with Crippen molar-refractivity contribution in [2.75, 3.05) is 26.2 Å². The molecule has 0 unspecified atom stereocenters. The number of ether oxygens (including phenoxy) is 1. The van der Waals surface area contributed by atoms with Crippen LogP contribution in [0.1, 0.15) is 27.2 Å². The fourth-order valence-electron chi connectivity index (χ4n) is 1.53. The molecule has 90 valence electrons. The van der Waals surface area contributed by atoms with Gasteiger partial charge in [0.05, 0.1) is 0 Å². The van der Waals surface area contributed by atoms with Crippen molar-refractivity contribution in [3.8, 4) is 6.19 Å². The Morgan fingerprint density at radius 2 is 1.94 bits per heavy atom. The molecule has 0 aromatic carbocycles. The van der Waals surface area contributed by atoms with Gasteiger partial charge in [0.15, 0.2) is 6.19 Å². The summed E-state index contributed by atoms with van der Waals surface area (Å²) in [4.78, 5) is 15.1. The smallest absolute Gasteiger partial charge is 0.410 e. The van der Waals surface area contributed by atoms with E-state index in [9.17, 15) is 4.79 Å². The van der Waals surface area contributed by atoms with Crippen LogP contribution in [0.15, 0.2) is 0 Å². The molecule has 1 heterocycles. The van der Waals surface area contributed by atoms with Crippen LogP contribution in [0.3, 0.4) is 0 Å². The number of carbonyl (C=O) groups is 1. The second-order valence-corrected chi connectivity index (χ2v) is 4.91. The van der Waals surface area contributed by atoms with Gasteiger partial charge in [-0.15, -0.1) is 0 Å². The Kier molecular flexibility index (Phi) is 3.99. The number of carbonyl (C=O) groups excluding carboxylic acids is 1. The van der Waals surface area contributed by atoms with Crippen LogP contribution in [0.5, 0.6) is 0 Å². The first-order valence-electron chi connectivity index (χ1n) is 5.55. The third kappa shape index (κ3) is 3.97. The van der Waals surface area contributed by atoms with E-state index in [-0.39, 0.29) is 6.09 Å². The van der Waals surface area contributed by atoms with Crippen molar-refractivity contribution >= 4 is 6.09 Å². The molecule has 0 spiro atoms. The summed E-state index contributed by atoms with van der Waals surface area (Å²) in [6.45, 7) is 8.08. The molecule has 0 radical (unpaired) electrons. The average Bonchev–Trinajstić information content (AvgIpc) is 2.39. The third-order valence-corrected chi connectivity index (χ3v) is 2.29. The number of rotatable bonds is 0. The Labute approximate surface area is 96.6 Å². The summed E-state index contributed by atoms with van der Waals surface area (Å²) < 4.78 is 5.29. The summed E-state index contributed by atoms with van der Waals surface area (Å²) in [7, 11) is 0. The number of hydrogen-bond acceptors (Lipinski definition) is 4. The molecule has 0 saturated carbocycles. The first-order valence-corrected chi connectivity index (χ1v) is 5.55. The molecule has 0 aromatic rings. The molecule has 1 aliphatic rings. The zero-order valence-corrected chi connectivity index (χ0v) is 10.2. The quantitative estimate of drug-likeness (QED) is 0.585. The minimum atomic E-state index is -0.460. The van der Waals surface area contributed by atoms with Crippen LogP contribution in [-0.4, -0.2) is 47.7 Å². The normalized spacial score (nSPS) is 17.6. The van der Waals surface area contributed by atoms with E-state index < -0.39 is 5.60 Å². The van der Waals surface area contributed by atoms with E-state index in [0.717, 1.165) is 13.0 Å². The zero-order valence-electron chi connectivity index (χ0n) is 10.2. The maximum Gasteiger partial charge on any atom is 0.410 e. The fraction of sp³-hybridized carbons (Fsp3) is 0.818. The molecule has 0 bridgehead atoms. The number of hydrogen-bond donors (Lipinski definition) is 0. The lowest BCUT2D eigenvalue weighted by molar-refractivity contribution is 0.0260. The minimum absolute atomic E-state index is 0.285. The molecule has 0 atom stereocenters. The van der Waals surface area contributed by atoms with Gasteiger partial charge < -0.3 is 14.5 Å². The van der Waals surface area contributed by atoms with E-state index in [2.05, 4.69) is 6.19 Å². The minimum Gasteiger partial charge on any atom is -0.444 e. The van der Waals surface area contributed by atoms with Crippen LogP contribution in [0.2, 0.25) is 0 Å².